The summed E-state index contributed by atoms with van der Waals surface area (Å²) in [5.41, 5.74) is 10.6. The van der Waals surface area contributed by atoms with Gasteiger partial charge in [-0.3, -0.25) is 4.90 Å². The van der Waals surface area contributed by atoms with Gasteiger partial charge in [-0.25, -0.2) is 4.39 Å². The Morgan fingerprint density at radius 3 is 2.61 bits per heavy atom. The van der Waals surface area contributed by atoms with Gasteiger partial charge in [-0.2, -0.15) is 5.26 Å². The van der Waals surface area contributed by atoms with Crippen LogP contribution in [-0.2, 0) is 11.3 Å². The van der Waals surface area contributed by atoms with E-state index in [-0.39, 0.29) is 11.1 Å². The second-order valence-electron chi connectivity index (χ2n) is 11.0. The topological polar surface area (TPSA) is 77.6 Å². The van der Waals surface area contributed by atoms with Crippen LogP contribution in [0, 0.1) is 22.6 Å². The molecule has 3 aliphatic rings. The average Bonchev–Trinajstić information content (AvgIpc) is 3.52. The Labute approximate surface area is 214 Å². The number of nitrogens with zero attached hydrogens (tertiary/aromatic N) is 3. The van der Waals surface area contributed by atoms with Gasteiger partial charge in [-0.1, -0.05) is 12.1 Å². The molecule has 3 N–H and O–H groups in total. The Hall–Kier alpha value is -2.50. The number of halogens is 1. The first-order valence-electron chi connectivity index (χ1n) is 13.3. The molecule has 0 aliphatic carbocycles. The summed E-state index contributed by atoms with van der Waals surface area (Å²) in [6, 6.07) is 13.6. The first-order valence-corrected chi connectivity index (χ1v) is 13.3. The third kappa shape index (κ3) is 5.01. The molecule has 0 radical (unpaired) electrons. The molecule has 192 valence electrons. The molecule has 6 nitrogen and oxygen atoms in total. The fourth-order valence-corrected chi connectivity index (χ4v) is 6.39. The Kier molecular flexibility index (Phi) is 7.32. The molecular weight excluding hydrogens is 453 g/mol. The van der Waals surface area contributed by atoms with Crippen LogP contribution in [0.3, 0.4) is 0 Å². The van der Waals surface area contributed by atoms with E-state index in [1.54, 1.807) is 6.07 Å². The fourth-order valence-electron chi connectivity index (χ4n) is 6.39. The monoisotopic (exact) mass is 491 g/mol. The third-order valence-corrected chi connectivity index (χ3v) is 8.80. The minimum Gasteiger partial charge on any atom is -0.381 e. The quantitative estimate of drug-likeness (QED) is 0.612. The van der Waals surface area contributed by atoms with E-state index >= 15 is 0 Å². The van der Waals surface area contributed by atoms with Gasteiger partial charge in [0.05, 0.1) is 12.2 Å². The van der Waals surface area contributed by atoms with E-state index in [2.05, 4.69) is 33.3 Å². The number of piperidine rings is 1. The second-order valence-corrected chi connectivity index (χ2v) is 11.0. The van der Waals surface area contributed by atoms with Crippen LogP contribution in [0.1, 0.15) is 43.2 Å². The van der Waals surface area contributed by atoms with Crippen LogP contribution in [0.25, 0.3) is 11.1 Å². The zero-order chi connectivity index (χ0) is 25.2. The number of hydrogen-bond acceptors (Lipinski definition) is 6. The van der Waals surface area contributed by atoms with E-state index in [0.717, 1.165) is 94.9 Å². The third-order valence-electron chi connectivity index (χ3n) is 8.80. The van der Waals surface area contributed by atoms with Gasteiger partial charge in [0, 0.05) is 56.1 Å². The Morgan fingerprint density at radius 1 is 1.11 bits per heavy atom. The van der Waals surface area contributed by atoms with Gasteiger partial charge in [0.15, 0.2) is 0 Å². The van der Waals surface area contributed by atoms with Gasteiger partial charge >= 0.3 is 0 Å². The van der Waals surface area contributed by atoms with Crippen molar-refractivity contribution in [2.24, 2.45) is 11.1 Å². The molecule has 5 rings (SSSR count). The van der Waals surface area contributed by atoms with E-state index in [0.29, 0.717) is 12.0 Å². The van der Waals surface area contributed by atoms with Gasteiger partial charge < -0.3 is 20.7 Å². The molecule has 0 saturated carbocycles. The molecule has 1 spiro atoms. The summed E-state index contributed by atoms with van der Waals surface area (Å²) in [5.74, 6) is -0.466. The summed E-state index contributed by atoms with van der Waals surface area (Å²) in [6.45, 7) is 7.23. The SMILES string of the molecule is CN[C@@]1(CCN)CCN(Cc2ccc(N3CCC4(CCOC4)CC3)c(-c3ccc(C#N)c(F)c3)c2)C1. The number of nitrogens with two attached hydrogens (primary N) is 1. The molecule has 2 aromatic rings. The normalized spacial score (nSPS) is 23.9. The maximum Gasteiger partial charge on any atom is 0.141 e. The summed E-state index contributed by atoms with van der Waals surface area (Å²) in [4.78, 5) is 4.93. The van der Waals surface area contributed by atoms with Crippen molar-refractivity contribution < 1.29 is 9.13 Å². The predicted octanol–water partition coefficient (Wildman–Crippen LogP) is 3.88. The van der Waals surface area contributed by atoms with Crippen LogP contribution in [0.5, 0.6) is 0 Å². The highest BCUT2D eigenvalue weighted by atomic mass is 19.1. The lowest BCUT2D eigenvalue weighted by Crippen LogP contribution is -2.46. The van der Waals surface area contributed by atoms with Crippen LogP contribution >= 0.6 is 0 Å². The van der Waals surface area contributed by atoms with E-state index < -0.39 is 5.82 Å². The number of nitriles is 1. The Balaban J connectivity index is 1.42. The number of likely N-dealkylation sites (N-methyl/N-ethyl adjacent to an activating group) is 1. The summed E-state index contributed by atoms with van der Waals surface area (Å²) >= 11 is 0. The number of likely N-dealkylation sites (tertiary alicyclic amines) is 1. The number of benzene rings is 2. The van der Waals surface area contributed by atoms with E-state index in [9.17, 15) is 9.65 Å². The minimum atomic E-state index is -0.466. The van der Waals surface area contributed by atoms with Crippen LogP contribution in [0.2, 0.25) is 0 Å². The lowest BCUT2D eigenvalue weighted by atomic mass is 9.78. The van der Waals surface area contributed by atoms with E-state index in [1.165, 1.54) is 11.6 Å². The van der Waals surface area contributed by atoms with Crippen molar-refractivity contribution in [2.75, 3.05) is 57.9 Å². The van der Waals surface area contributed by atoms with Gasteiger partial charge in [-0.15, -0.1) is 0 Å². The van der Waals surface area contributed by atoms with Crippen molar-refractivity contribution in [1.82, 2.24) is 10.2 Å². The van der Waals surface area contributed by atoms with Crippen LogP contribution < -0.4 is 16.0 Å². The molecule has 3 fully saturated rings. The summed E-state index contributed by atoms with van der Waals surface area (Å²) < 4.78 is 20.4. The summed E-state index contributed by atoms with van der Waals surface area (Å²) in [7, 11) is 2.03. The highest BCUT2D eigenvalue weighted by molar-refractivity contribution is 5.80. The fraction of sp³-hybridized carbons (Fsp3) is 0.552. The first kappa shape index (κ1) is 25.2. The minimum absolute atomic E-state index is 0.0815. The molecule has 7 heteroatoms. The smallest absolute Gasteiger partial charge is 0.141 e. The average molecular weight is 492 g/mol. The maximum atomic E-state index is 14.7. The Bertz CT molecular complexity index is 1120. The van der Waals surface area contributed by atoms with Gasteiger partial charge in [0.1, 0.15) is 11.9 Å². The molecular formula is C29H38FN5O. The molecule has 2 aromatic carbocycles. The van der Waals surface area contributed by atoms with E-state index in [1.807, 2.05) is 19.2 Å². The summed E-state index contributed by atoms with van der Waals surface area (Å²) in [6.07, 6.45) is 5.46. The highest BCUT2D eigenvalue weighted by Gasteiger charge is 2.39. The van der Waals surface area contributed by atoms with Crippen molar-refractivity contribution in [1.29, 1.82) is 5.26 Å². The number of nitrogens with one attached hydrogen (secondary N) is 1. The molecule has 0 unspecified atom stereocenters. The van der Waals surface area contributed by atoms with Gasteiger partial charge in [-0.05, 0) is 86.5 Å². The maximum absolute atomic E-state index is 14.7. The first-order chi connectivity index (χ1) is 17.5. The Morgan fingerprint density at radius 2 is 1.94 bits per heavy atom. The second kappa shape index (κ2) is 10.5. The van der Waals surface area contributed by atoms with Crippen molar-refractivity contribution in [3.8, 4) is 17.2 Å². The van der Waals surface area contributed by atoms with Crippen molar-refractivity contribution >= 4 is 5.69 Å². The zero-order valence-corrected chi connectivity index (χ0v) is 21.4. The summed E-state index contributed by atoms with van der Waals surface area (Å²) in [5, 5.41) is 12.7. The number of rotatable bonds is 7. The number of ether oxygens (including phenoxy) is 1. The molecule has 3 aliphatic heterocycles. The van der Waals surface area contributed by atoms with Crippen LogP contribution in [-0.4, -0.2) is 63.4 Å². The number of hydrogen-bond donors (Lipinski definition) is 2. The zero-order valence-electron chi connectivity index (χ0n) is 21.4. The highest BCUT2D eigenvalue weighted by Crippen LogP contribution is 2.42. The van der Waals surface area contributed by atoms with Gasteiger partial charge in [0.2, 0.25) is 0 Å². The molecule has 0 amide bonds. The molecule has 3 saturated heterocycles. The predicted molar refractivity (Wildman–Crippen MR) is 141 cm³/mol. The van der Waals surface area contributed by atoms with Crippen LogP contribution in [0.4, 0.5) is 10.1 Å². The molecule has 1 atom stereocenters. The van der Waals surface area contributed by atoms with Crippen molar-refractivity contribution in [3.63, 3.8) is 0 Å². The van der Waals surface area contributed by atoms with Gasteiger partial charge in [0.25, 0.3) is 0 Å². The molecule has 36 heavy (non-hydrogen) atoms. The molecule has 0 bridgehead atoms. The standard InChI is InChI=1S/C29H38FN5O/c1-33-29(6-11-31)9-12-34(20-29)19-22-2-5-27(35-13-7-28(8-14-35)10-15-36-21-28)25(16-22)23-3-4-24(18-32)26(30)17-23/h2-5,16-17,33H,6-15,19-21,31H2,1H3/t29-/m0/s1. The lowest BCUT2D eigenvalue weighted by molar-refractivity contribution is 0.134. The van der Waals surface area contributed by atoms with Crippen molar-refractivity contribution in [2.45, 2.75) is 44.2 Å². The van der Waals surface area contributed by atoms with Crippen molar-refractivity contribution in [3.05, 3.63) is 53.3 Å². The largest absolute Gasteiger partial charge is 0.381 e. The van der Waals surface area contributed by atoms with E-state index in [4.69, 9.17) is 10.5 Å². The molecule has 0 aromatic heterocycles. The lowest BCUT2D eigenvalue weighted by Gasteiger charge is -2.40. The van der Waals surface area contributed by atoms with Crippen LogP contribution in [0.15, 0.2) is 36.4 Å². The number of anilines is 1. The molecule has 3 heterocycles.